The molecule has 1 amide bonds. The van der Waals surface area contributed by atoms with E-state index in [0.29, 0.717) is 18.9 Å². The second kappa shape index (κ2) is 6.55. The Morgan fingerprint density at radius 3 is 2.46 bits per heavy atom. The Morgan fingerprint density at radius 1 is 1.04 bits per heavy atom. The minimum Gasteiger partial charge on any atom is -0.355 e. The normalized spacial score (nSPS) is 14.2. The van der Waals surface area contributed by atoms with E-state index in [2.05, 4.69) is 31.4 Å². The van der Waals surface area contributed by atoms with Crippen molar-refractivity contribution in [2.24, 2.45) is 5.92 Å². The molecule has 4 rings (SSSR count). The Hall–Kier alpha value is -3.29. The third-order valence-electron chi connectivity index (χ3n) is 4.36. The van der Waals surface area contributed by atoms with Gasteiger partial charge in [0.15, 0.2) is 5.82 Å². The number of aryl methyl sites for hydroxylation is 2. The standard InChI is InChI=1S/C18H19N7O/c1-12-3-13(2)5-15(4-12)23-18(26)14-7-24(8-14)16-6-17(21-10-20-16)25-11-19-9-22-25/h3-6,9-11,14H,7-8H2,1-2H3,(H,23,26). The molecule has 0 aliphatic carbocycles. The van der Waals surface area contributed by atoms with E-state index in [1.54, 1.807) is 11.0 Å². The van der Waals surface area contributed by atoms with Crippen molar-refractivity contribution in [1.82, 2.24) is 24.7 Å². The number of nitrogens with one attached hydrogen (secondary N) is 1. The summed E-state index contributed by atoms with van der Waals surface area (Å²) in [6.07, 6.45) is 4.54. The second-order valence-electron chi connectivity index (χ2n) is 6.54. The number of hydrogen-bond acceptors (Lipinski definition) is 6. The van der Waals surface area contributed by atoms with E-state index in [1.807, 2.05) is 36.9 Å². The summed E-state index contributed by atoms with van der Waals surface area (Å²) < 4.78 is 1.58. The highest BCUT2D eigenvalue weighted by Gasteiger charge is 2.33. The lowest BCUT2D eigenvalue weighted by Crippen LogP contribution is -2.52. The highest BCUT2D eigenvalue weighted by Crippen LogP contribution is 2.25. The number of carbonyl (C=O) groups is 1. The zero-order valence-corrected chi connectivity index (χ0v) is 14.6. The zero-order chi connectivity index (χ0) is 18.1. The fourth-order valence-electron chi connectivity index (χ4n) is 3.08. The smallest absolute Gasteiger partial charge is 0.231 e. The van der Waals surface area contributed by atoms with Gasteiger partial charge in [-0.3, -0.25) is 4.79 Å². The summed E-state index contributed by atoms with van der Waals surface area (Å²) in [6.45, 7) is 5.31. The van der Waals surface area contributed by atoms with Gasteiger partial charge in [-0.25, -0.2) is 19.6 Å². The molecule has 0 saturated carbocycles. The number of rotatable bonds is 4. The molecule has 1 aliphatic rings. The summed E-state index contributed by atoms with van der Waals surface area (Å²) >= 11 is 0. The van der Waals surface area contributed by atoms with Crippen LogP contribution in [0.5, 0.6) is 0 Å². The maximum Gasteiger partial charge on any atom is 0.231 e. The van der Waals surface area contributed by atoms with Crippen LogP contribution in [0.3, 0.4) is 0 Å². The van der Waals surface area contributed by atoms with Gasteiger partial charge in [-0.15, -0.1) is 0 Å². The van der Waals surface area contributed by atoms with Crippen molar-refractivity contribution in [3.63, 3.8) is 0 Å². The molecule has 0 spiro atoms. The molecule has 132 valence electrons. The maximum absolute atomic E-state index is 12.5. The van der Waals surface area contributed by atoms with Crippen molar-refractivity contribution >= 4 is 17.4 Å². The predicted octanol–water partition coefficient (Wildman–Crippen LogP) is 1.75. The molecule has 1 saturated heterocycles. The molecule has 0 unspecified atom stereocenters. The largest absolute Gasteiger partial charge is 0.355 e. The summed E-state index contributed by atoms with van der Waals surface area (Å²) in [7, 11) is 0. The number of benzene rings is 1. The van der Waals surface area contributed by atoms with Crippen LogP contribution < -0.4 is 10.2 Å². The number of carbonyl (C=O) groups excluding carboxylic acids is 1. The third kappa shape index (κ3) is 3.26. The third-order valence-corrected chi connectivity index (χ3v) is 4.36. The minimum atomic E-state index is -0.0550. The van der Waals surface area contributed by atoms with E-state index in [9.17, 15) is 4.79 Å². The van der Waals surface area contributed by atoms with Gasteiger partial charge in [-0.1, -0.05) is 6.07 Å². The SMILES string of the molecule is Cc1cc(C)cc(NC(=O)C2CN(c3cc(-n4cncn4)ncn3)C2)c1. The molecule has 1 N–H and O–H groups in total. The van der Waals surface area contributed by atoms with Gasteiger partial charge in [-0.05, 0) is 37.1 Å². The molecule has 1 fully saturated rings. The highest BCUT2D eigenvalue weighted by molar-refractivity contribution is 5.94. The number of amides is 1. The first kappa shape index (κ1) is 16.2. The van der Waals surface area contributed by atoms with Crippen molar-refractivity contribution < 1.29 is 4.79 Å². The quantitative estimate of drug-likeness (QED) is 0.772. The van der Waals surface area contributed by atoms with E-state index < -0.39 is 0 Å². The van der Waals surface area contributed by atoms with E-state index in [4.69, 9.17) is 0 Å². The van der Waals surface area contributed by atoms with Gasteiger partial charge in [0.1, 0.15) is 24.8 Å². The molecule has 8 nitrogen and oxygen atoms in total. The fourth-order valence-corrected chi connectivity index (χ4v) is 3.08. The highest BCUT2D eigenvalue weighted by atomic mass is 16.2. The predicted molar refractivity (Wildman–Crippen MR) is 97.2 cm³/mol. The van der Waals surface area contributed by atoms with Crippen LogP contribution in [0.1, 0.15) is 11.1 Å². The number of nitrogens with zero attached hydrogens (tertiary/aromatic N) is 6. The lowest BCUT2D eigenvalue weighted by molar-refractivity contribution is -0.120. The summed E-state index contributed by atoms with van der Waals surface area (Å²) in [5.74, 6) is 1.41. The van der Waals surface area contributed by atoms with Crippen molar-refractivity contribution in [2.75, 3.05) is 23.3 Å². The van der Waals surface area contributed by atoms with Gasteiger partial charge in [0.25, 0.3) is 0 Å². The number of anilines is 2. The molecule has 0 bridgehead atoms. The molecular weight excluding hydrogens is 330 g/mol. The van der Waals surface area contributed by atoms with Crippen LogP contribution in [0.2, 0.25) is 0 Å². The second-order valence-corrected chi connectivity index (χ2v) is 6.54. The van der Waals surface area contributed by atoms with Crippen LogP contribution in [0, 0.1) is 19.8 Å². The van der Waals surface area contributed by atoms with Crippen LogP contribution >= 0.6 is 0 Å². The Balaban J connectivity index is 1.39. The molecule has 26 heavy (non-hydrogen) atoms. The average molecular weight is 349 g/mol. The molecule has 0 atom stereocenters. The minimum absolute atomic E-state index is 0.0387. The van der Waals surface area contributed by atoms with Crippen molar-refractivity contribution in [2.45, 2.75) is 13.8 Å². The average Bonchev–Trinajstić information content (AvgIpc) is 3.07. The van der Waals surface area contributed by atoms with Crippen LogP contribution in [0.15, 0.2) is 43.2 Å². The molecule has 3 heterocycles. The van der Waals surface area contributed by atoms with Gasteiger partial charge in [0.05, 0.1) is 5.92 Å². The van der Waals surface area contributed by atoms with Gasteiger partial charge in [0, 0.05) is 24.8 Å². The molecule has 8 heteroatoms. The van der Waals surface area contributed by atoms with E-state index in [1.165, 1.54) is 12.7 Å². The zero-order valence-electron chi connectivity index (χ0n) is 14.6. The summed E-state index contributed by atoms with van der Waals surface area (Å²) in [5.41, 5.74) is 3.12. The van der Waals surface area contributed by atoms with Gasteiger partial charge < -0.3 is 10.2 Å². The van der Waals surface area contributed by atoms with Crippen LogP contribution in [0.25, 0.3) is 5.82 Å². The summed E-state index contributed by atoms with van der Waals surface area (Å²) in [6, 6.07) is 7.89. The van der Waals surface area contributed by atoms with Gasteiger partial charge in [0.2, 0.25) is 5.91 Å². The molecule has 1 aromatic carbocycles. The topological polar surface area (TPSA) is 88.8 Å². The molecule has 3 aromatic rings. The molecule has 0 radical (unpaired) electrons. The summed E-state index contributed by atoms with van der Waals surface area (Å²) in [5, 5.41) is 7.08. The van der Waals surface area contributed by atoms with Gasteiger partial charge >= 0.3 is 0 Å². The van der Waals surface area contributed by atoms with Crippen molar-refractivity contribution in [1.29, 1.82) is 0 Å². The van der Waals surface area contributed by atoms with Crippen LogP contribution in [-0.2, 0) is 4.79 Å². The van der Waals surface area contributed by atoms with Gasteiger partial charge in [-0.2, -0.15) is 5.10 Å². The summed E-state index contributed by atoms with van der Waals surface area (Å²) in [4.78, 5) is 26.9. The fraction of sp³-hybridized carbons (Fsp3) is 0.278. The Bertz CT molecular complexity index is 912. The number of hydrogen-bond donors (Lipinski definition) is 1. The van der Waals surface area contributed by atoms with Crippen molar-refractivity contribution in [3.8, 4) is 5.82 Å². The van der Waals surface area contributed by atoms with Crippen LogP contribution in [-0.4, -0.2) is 43.7 Å². The van der Waals surface area contributed by atoms with E-state index >= 15 is 0 Å². The van der Waals surface area contributed by atoms with E-state index in [-0.39, 0.29) is 11.8 Å². The first-order valence-corrected chi connectivity index (χ1v) is 8.39. The molecule has 1 aliphatic heterocycles. The first-order valence-electron chi connectivity index (χ1n) is 8.39. The lowest BCUT2D eigenvalue weighted by atomic mass is 9.99. The Labute approximate surface area is 150 Å². The Morgan fingerprint density at radius 2 is 1.77 bits per heavy atom. The molecular formula is C18H19N7O. The van der Waals surface area contributed by atoms with Crippen molar-refractivity contribution in [3.05, 3.63) is 54.4 Å². The maximum atomic E-state index is 12.5. The molecule has 2 aromatic heterocycles. The lowest BCUT2D eigenvalue weighted by Gasteiger charge is -2.39. The van der Waals surface area contributed by atoms with Crippen LogP contribution in [0.4, 0.5) is 11.5 Å². The van der Waals surface area contributed by atoms with E-state index in [0.717, 1.165) is 22.6 Å². The number of aromatic nitrogens is 5. The Kier molecular flexibility index (Phi) is 4.08. The monoisotopic (exact) mass is 349 g/mol. The first-order chi connectivity index (χ1) is 12.6.